The summed E-state index contributed by atoms with van der Waals surface area (Å²) < 4.78 is 0. The molecular formula is C13H20N4. The number of aromatic nitrogens is 2. The fraction of sp³-hybridized carbons (Fsp3) is 0.692. The minimum atomic E-state index is 0.475. The summed E-state index contributed by atoms with van der Waals surface area (Å²) in [5.74, 6) is 1.91. The van der Waals surface area contributed by atoms with E-state index in [1.165, 1.54) is 32.1 Å². The van der Waals surface area contributed by atoms with Gasteiger partial charge in [0.15, 0.2) is 0 Å². The standard InChI is InChI=1S/C13H20N4/c14-7-11-8-15-9-13(16-11)17-6-5-10-3-1-2-4-12(10)17/h8-10,12H,1-7,14H2. The first-order valence-corrected chi connectivity index (χ1v) is 6.66. The van der Waals surface area contributed by atoms with E-state index in [0.717, 1.165) is 24.0 Å². The zero-order valence-electron chi connectivity index (χ0n) is 10.2. The molecule has 17 heavy (non-hydrogen) atoms. The van der Waals surface area contributed by atoms with Gasteiger partial charge in [-0.1, -0.05) is 12.8 Å². The average Bonchev–Trinajstić information content (AvgIpc) is 2.82. The Kier molecular flexibility index (Phi) is 2.97. The number of fused-ring (bicyclic) bond motifs is 1. The van der Waals surface area contributed by atoms with Crippen LogP contribution < -0.4 is 10.6 Å². The number of nitrogens with two attached hydrogens (primary N) is 1. The molecule has 4 heteroatoms. The van der Waals surface area contributed by atoms with Crippen LogP contribution in [0.15, 0.2) is 12.4 Å². The van der Waals surface area contributed by atoms with Crippen LogP contribution in [0, 0.1) is 5.92 Å². The highest BCUT2D eigenvalue weighted by molar-refractivity contribution is 5.40. The van der Waals surface area contributed by atoms with E-state index in [-0.39, 0.29) is 0 Å². The fourth-order valence-corrected chi connectivity index (χ4v) is 3.32. The van der Waals surface area contributed by atoms with Gasteiger partial charge in [-0.2, -0.15) is 0 Å². The van der Waals surface area contributed by atoms with Crippen molar-refractivity contribution >= 4 is 5.82 Å². The molecule has 2 unspecified atom stereocenters. The zero-order chi connectivity index (χ0) is 11.7. The lowest BCUT2D eigenvalue weighted by molar-refractivity contribution is 0.341. The Balaban J connectivity index is 1.83. The molecule has 0 spiro atoms. The van der Waals surface area contributed by atoms with Crippen molar-refractivity contribution < 1.29 is 0 Å². The summed E-state index contributed by atoms with van der Waals surface area (Å²) in [4.78, 5) is 11.3. The number of hydrogen-bond acceptors (Lipinski definition) is 4. The van der Waals surface area contributed by atoms with E-state index in [9.17, 15) is 0 Å². The Morgan fingerprint density at radius 3 is 3.00 bits per heavy atom. The molecule has 1 saturated heterocycles. The van der Waals surface area contributed by atoms with E-state index in [4.69, 9.17) is 5.73 Å². The van der Waals surface area contributed by atoms with Crippen molar-refractivity contribution in [2.75, 3.05) is 11.4 Å². The van der Waals surface area contributed by atoms with E-state index in [0.29, 0.717) is 12.6 Å². The second kappa shape index (κ2) is 4.61. The van der Waals surface area contributed by atoms with E-state index in [2.05, 4.69) is 14.9 Å². The van der Waals surface area contributed by atoms with Crippen molar-refractivity contribution in [2.24, 2.45) is 11.7 Å². The molecule has 1 aliphatic heterocycles. The van der Waals surface area contributed by atoms with Crippen LogP contribution in [0.5, 0.6) is 0 Å². The van der Waals surface area contributed by atoms with Gasteiger partial charge in [0.05, 0.1) is 11.9 Å². The normalized spacial score (nSPS) is 28.2. The summed E-state index contributed by atoms with van der Waals surface area (Å²) in [6.45, 7) is 1.61. The quantitative estimate of drug-likeness (QED) is 0.843. The molecule has 1 aromatic rings. The summed E-state index contributed by atoms with van der Waals surface area (Å²) >= 11 is 0. The van der Waals surface area contributed by atoms with Gasteiger partial charge in [-0.3, -0.25) is 4.98 Å². The zero-order valence-corrected chi connectivity index (χ0v) is 10.2. The molecule has 0 radical (unpaired) electrons. The Hall–Kier alpha value is -1.16. The summed E-state index contributed by atoms with van der Waals surface area (Å²) in [7, 11) is 0. The van der Waals surface area contributed by atoms with Crippen LogP contribution in [0.25, 0.3) is 0 Å². The average molecular weight is 232 g/mol. The first-order chi connectivity index (χ1) is 8.38. The maximum absolute atomic E-state index is 5.63. The molecule has 0 aromatic carbocycles. The molecule has 1 saturated carbocycles. The summed E-state index contributed by atoms with van der Waals surface area (Å²) in [6, 6.07) is 0.700. The number of nitrogens with zero attached hydrogens (tertiary/aromatic N) is 3. The van der Waals surface area contributed by atoms with E-state index in [1.807, 2.05) is 6.20 Å². The highest BCUT2D eigenvalue weighted by Crippen LogP contribution is 2.37. The van der Waals surface area contributed by atoms with Crippen molar-refractivity contribution in [3.63, 3.8) is 0 Å². The minimum Gasteiger partial charge on any atom is -0.352 e. The lowest BCUT2D eigenvalue weighted by Gasteiger charge is -2.32. The lowest BCUT2D eigenvalue weighted by Crippen LogP contribution is -2.35. The van der Waals surface area contributed by atoms with Crippen LogP contribution in [0.1, 0.15) is 37.8 Å². The van der Waals surface area contributed by atoms with Crippen LogP contribution in [-0.4, -0.2) is 22.6 Å². The van der Waals surface area contributed by atoms with Gasteiger partial charge in [-0.15, -0.1) is 0 Å². The summed E-state index contributed by atoms with van der Waals surface area (Å²) in [5, 5.41) is 0. The molecule has 0 bridgehead atoms. The van der Waals surface area contributed by atoms with Gasteiger partial charge in [-0.05, 0) is 25.2 Å². The van der Waals surface area contributed by atoms with Crippen LogP contribution in [0.3, 0.4) is 0 Å². The van der Waals surface area contributed by atoms with Gasteiger partial charge in [0, 0.05) is 25.3 Å². The third-order valence-corrected chi connectivity index (χ3v) is 4.19. The Morgan fingerprint density at radius 1 is 1.24 bits per heavy atom. The van der Waals surface area contributed by atoms with Crippen molar-refractivity contribution in [1.29, 1.82) is 0 Å². The molecule has 1 aromatic heterocycles. The molecule has 4 nitrogen and oxygen atoms in total. The largest absolute Gasteiger partial charge is 0.352 e. The lowest BCUT2D eigenvalue weighted by atomic mass is 9.85. The molecule has 0 amide bonds. The molecule has 92 valence electrons. The van der Waals surface area contributed by atoms with Crippen molar-refractivity contribution in [1.82, 2.24) is 9.97 Å². The highest BCUT2D eigenvalue weighted by atomic mass is 15.2. The molecule has 3 rings (SSSR count). The molecule has 2 fully saturated rings. The first kappa shape index (κ1) is 11.0. The van der Waals surface area contributed by atoms with E-state index >= 15 is 0 Å². The van der Waals surface area contributed by atoms with Crippen LogP contribution in [0.2, 0.25) is 0 Å². The maximum atomic E-state index is 5.63. The molecule has 2 N–H and O–H groups in total. The van der Waals surface area contributed by atoms with E-state index < -0.39 is 0 Å². The molecule has 2 atom stereocenters. The first-order valence-electron chi connectivity index (χ1n) is 6.66. The van der Waals surface area contributed by atoms with Gasteiger partial charge >= 0.3 is 0 Å². The van der Waals surface area contributed by atoms with Crippen LogP contribution >= 0.6 is 0 Å². The second-order valence-corrected chi connectivity index (χ2v) is 5.17. The number of anilines is 1. The van der Waals surface area contributed by atoms with E-state index in [1.54, 1.807) is 6.20 Å². The molecule has 1 aliphatic carbocycles. The van der Waals surface area contributed by atoms with Crippen LogP contribution in [-0.2, 0) is 6.54 Å². The second-order valence-electron chi connectivity index (χ2n) is 5.17. The Labute approximate surface area is 102 Å². The predicted molar refractivity (Wildman–Crippen MR) is 67.6 cm³/mol. The number of hydrogen-bond donors (Lipinski definition) is 1. The minimum absolute atomic E-state index is 0.475. The Bertz CT molecular complexity index is 393. The van der Waals surface area contributed by atoms with Crippen molar-refractivity contribution in [2.45, 2.75) is 44.7 Å². The molecular weight excluding hydrogens is 212 g/mol. The van der Waals surface area contributed by atoms with Crippen LogP contribution in [0.4, 0.5) is 5.82 Å². The van der Waals surface area contributed by atoms with Gasteiger partial charge in [-0.25, -0.2) is 4.98 Å². The third kappa shape index (κ3) is 2.02. The van der Waals surface area contributed by atoms with Gasteiger partial charge < -0.3 is 10.6 Å². The summed E-state index contributed by atoms with van der Waals surface area (Å²) in [5.41, 5.74) is 6.52. The molecule has 2 aliphatic rings. The predicted octanol–water partition coefficient (Wildman–Crippen LogP) is 1.70. The fourth-order valence-electron chi connectivity index (χ4n) is 3.32. The third-order valence-electron chi connectivity index (χ3n) is 4.19. The van der Waals surface area contributed by atoms with Gasteiger partial charge in [0.1, 0.15) is 5.82 Å². The monoisotopic (exact) mass is 232 g/mol. The number of rotatable bonds is 2. The molecule has 2 heterocycles. The van der Waals surface area contributed by atoms with Crippen molar-refractivity contribution in [3.05, 3.63) is 18.1 Å². The summed E-state index contributed by atoms with van der Waals surface area (Å²) in [6.07, 6.45) is 10.4. The van der Waals surface area contributed by atoms with Gasteiger partial charge in [0.2, 0.25) is 0 Å². The van der Waals surface area contributed by atoms with Crippen molar-refractivity contribution in [3.8, 4) is 0 Å². The smallest absolute Gasteiger partial charge is 0.147 e. The SMILES string of the molecule is NCc1cncc(N2CCC3CCCCC32)n1. The van der Waals surface area contributed by atoms with Gasteiger partial charge in [0.25, 0.3) is 0 Å². The highest BCUT2D eigenvalue weighted by Gasteiger charge is 2.36. The topological polar surface area (TPSA) is 55.0 Å². The Morgan fingerprint density at radius 2 is 2.12 bits per heavy atom. The maximum Gasteiger partial charge on any atom is 0.147 e.